The Labute approximate surface area is 359 Å². The van der Waals surface area contributed by atoms with Gasteiger partial charge >= 0.3 is 18.0 Å². The van der Waals surface area contributed by atoms with E-state index in [1.807, 2.05) is 79.0 Å². The van der Waals surface area contributed by atoms with Crippen molar-refractivity contribution in [2.75, 3.05) is 46.7 Å². The molecule has 2 amide bonds. The van der Waals surface area contributed by atoms with Gasteiger partial charge in [-0.15, -0.1) is 0 Å². The van der Waals surface area contributed by atoms with Crippen molar-refractivity contribution in [2.45, 2.75) is 136 Å². The molecule has 3 aliphatic rings. The number of rotatable bonds is 10. The number of amides is 2. The lowest BCUT2D eigenvalue weighted by molar-refractivity contribution is -0.284. The highest BCUT2D eigenvalue weighted by Gasteiger charge is 2.57. The van der Waals surface area contributed by atoms with E-state index in [0.717, 1.165) is 5.56 Å². The summed E-state index contributed by atoms with van der Waals surface area (Å²) in [6.07, 6.45) is -2.35. The normalized spacial score (nSPS) is 36.2. The van der Waals surface area contributed by atoms with Crippen LogP contribution in [0.4, 0.5) is 4.79 Å². The molecule has 1 aromatic carbocycles. The number of hydrogen-bond donors (Lipinski definition) is 0. The lowest BCUT2D eigenvalue weighted by atomic mass is 9.77. The fourth-order valence-corrected chi connectivity index (χ4v) is 9.90. The van der Waals surface area contributed by atoms with Gasteiger partial charge in [0.25, 0.3) is 0 Å². The van der Waals surface area contributed by atoms with Crippen molar-refractivity contribution < 1.29 is 52.4 Å². The number of methoxy groups -OCH3 is 1. The van der Waals surface area contributed by atoms with Crippen LogP contribution >= 0.6 is 15.9 Å². The number of nitrogens with zero attached hydrogens (tertiary/aromatic N) is 3. The van der Waals surface area contributed by atoms with Gasteiger partial charge < -0.3 is 43.1 Å². The molecule has 0 aliphatic carbocycles. The quantitative estimate of drug-likeness (QED) is 0.120. The van der Waals surface area contributed by atoms with Gasteiger partial charge in [0.1, 0.15) is 18.6 Å². The van der Waals surface area contributed by atoms with E-state index in [-0.39, 0.29) is 54.8 Å². The number of esters is 2. The van der Waals surface area contributed by atoms with E-state index in [1.165, 1.54) is 6.92 Å². The molecule has 3 fully saturated rings. The third kappa shape index (κ3) is 11.2. The average molecular weight is 895 g/mol. The summed E-state index contributed by atoms with van der Waals surface area (Å²) in [5.74, 6) is -4.80. The van der Waals surface area contributed by atoms with Gasteiger partial charge in [-0.1, -0.05) is 74.0 Å². The summed E-state index contributed by atoms with van der Waals surface area (Å²) >= 11 is 3.26. The molecule has 13 atom stereocenters. The maximum absolute atomic E-state index is 14.6. The topological polar surface area (TPSA) is 150 Å². The predicted molar refractivity (Wildman–Crippen MR) is 224 cm³/mol. The number of ether oxygens (including phenoxy) is 6. The second-order valence-corrected chi connectivity index (χ2v) is 18.3. The highest BCUT2D eigenvalue weighted by atomic mass is 79.9. The number of carbonyl (C=O) groups excluding carboxylic acids is 5. The molecule has 0 radical (unpaired) electrons. The van der Waals surface area contributed by atoms with Gasteiger partial charge in [-0.25, -0.2) is 4.79 Å². The fourth-order valence-electron chi connectivity index (χ4n) is 9.47. The summed E-state index contributed by atoms with van der Waals surface area (Å²) in [6.45, 7) is 15.2. The zero-order valence-electron chi connectivity index (χ0n) is 37.1. The van der Waals surface area contributed by atoms with E-state index >= 15 is 0 Å². The van der Waals surface area contributed by atoms with Crippen molar-refractivity contribution >= 4 is 45.7 Å². The summed E-state index contributed by atoms with van der Waals surface area (Å²) in [4.78, 5) is 73.9. The standard InChI is InChI=1S/C44H68BrN3O11/c1-13-35-44(8)33(20-37(50)59-44)30(6)48(42(53)55-25-31-17-15-14-16-18-31)23-26(2)21-43(7,54-12)39(28(4)38(51)29(5)40(52)57-35)58-41-27(3)34(46(9)10)19-32(56-41)24-47(11)36(49)22-45/h14-18,26-30,32-35,39,41H,13,19-25H2,1-12H3/t26-,27-,28+,29?,30-,32+,33-,34?,35-,39-,41+,43-,44+/m1/s1. The Kier molecular flexibility index (Phi) is 17.0. The number of cyclic esters (lactones) is 1. The lowest BCUT2D eigenvalue weighted by Crippen LogP contribution is -2.58. The van der Waals surface area contributed by atoms with Crippen LogP contribution in [0.25, 0.3) is 0 Å². The molecule has 3 heterocycles. The Bertz CT molecular complexity index is 1620. The van der Waals surface area contributed by atoms with Crippen LogP contribution in [0.3, 0.4) is 0 Å². The minimum absolute atomic E-state index is 0.00560. The van der Waals surface area contributed by atoms with Crippen molar-refractivity contribution in [3.8, 4) is 0 Å². The van der Waals surface area contributed by atoms with E-state index < -0.39 is 77.3 Å². The van der Waals surface area contributed by atoms with E-state index in [0.29, 0.717) is 25.8 Å². The summed E-state index contributed by atoms with van der Waals surface area (Å²) in [7, 11) is 7.29. The van der Waals surface area contributed by atoms with Gasteiger partial charge in [0, 0.05) is 57.1 Å². The smallest absolute Gasteiger partial charge is 0.410 e. The van der Waals surface area contributed by atoms with Crippen LogP contribution in [0.5, 0.6) is 0 Å². The molecule has 2 unspecified atom stereocenters. The minimum atomic E-state index is -1.30. The van der Waals surface area contributed by atoms with E-state index in [9.17, 15) is 24.0 Å². The van der Waals surface area contributed by atoms with Crippen LogP contribution in [-0.4, -0.2) is 139 Å². The number of likely N-dealkylation sites (N-methyl/N-ethyl adjacent to an activating group) is 1. The van der Waals surface area contributed by atoms with Crippen LogP contribution in [0.1, 0.15) is 86.6 Å². The van der Waals surface area contributed by atoms with E-state index in [1.54, 1.807) is 37.8 Å². The number of carbonyl (C=O) groups is 5. The summed E-state index contributed by atoms with van der Waals surface area (Å²) < 4.78 is 38.1. The first-order chi connectivity index (χ1) is 27.7. The SMILES string of the molecule is CC[C@H]1OC(=O)C(C)C(=O)[C@H](C)[C@@H](O[C@@H]2O[C@H](CN(C)C(=O)CBr)CC(N(C)C)[C@H]2C)[C@](C)(OC)C[C@@H](C)CN(C(=O)OCc2ccccc2)[C@H](C)[C@H]2CC(=O)O[C@@]21C. The molecule has 0 spiro atoms. The van der Waals surface area contributed by atoms with E-state index in [2.05, 4.69) is 20.8 Å². The Morgan fingerprint density at radius 2 is 1.68 bits per heavy atom. The Hall–Kier alpha value is -3.11. The Morgan fingerprint density at radius 1 is 1.02 bits per heavy atom. The zero-order chi connectivity index (χ0) is 44.0. The molecule has 14 nitrogen and oxygen atoms in total. The van der Waals surface area contributed by atoms with Crippen LogP contribution in [0.15, 0.2) is 30.3 Å². The molecule has 0 bridgehead atoms. The average Bonchev–Trinajstić information content (AvgIpc) is 3.52. The first kappa shape index (κ1) is 48.6. The van der Waals surface area contributed by atoms with Gasteiger partial charge in [0.15, 0.2) is 17.7 Å². The van der Waals surface area contributed by atoms with Crippen molar-refractivity contribution in [1.29, 1.82) is 0 Å². The first-order valence-corrected chi connectivity index (χ1v) is 22.1. The van der Waals surface area contributed by atoms with Gasteiger partial charge in [-0.3, -0.25) is 19.2 Å². The molecule has 1 aromatic rings. The van der Waals surface area contributed by atoms with Crippen LogP contribution in [0.2, 0.25) is 0 Å². The van der Waals surface area contributed by atoms with Gasteiger partial charge in [-0.2, -0.15) is 0 Å². The second-order valence-electron chi connectivity index (χ2n) is 17.7. The van der Waals surface area contributed by atoms with Gasteiger partial charge in [-0.05, 0) is 72.5 Å². The molecule has 15 heteroatoms. The highest BCUT2D eigenvalue weighted by molar-refractivity contribution is 9.09. The molecule has 0 saturated carbocycles. The monoisotopic (exact) mass is 893 g/mol. The van der Waals surface area contributed by atoms with E-state index in [4.69, 9.17) is 28.4 Å². The van der Waals surface area contributed by atoms with Gasteiger partial charge in [0.2, 0.25) is 5.91 Å². The van der Waals surface area contributed by atoms with Crippen LogP contribution in [-0.2, 0) is 54.2 Å². The molecular formula is C44H68BrN3O11. The molecule has 332 valence electrons. The number of halogens is 1. The molecule has 0 N–H and O–H groups in total. The minimum Gasteiger partial charge on any atom is -0.458 e. The number of Topliss-reactive ketones (excluding diaryl/α,β-unsaturated/α-hetero) is 1. The molecule has 4 rings (SSSR count). The maximum atomic E-state index is 14.6. The van der Waals surface area contributed by atoms with Crippen molar-refractivity contribution in [3.05, 3.63) is 35.9 Å². The van der Waals surface area contributed by atoms with Crippen molar-refractivity contribution in [3.63, 3.8) is 0 Å². The van der Waals surface area contributed by atoms with Crippen LogP contribution < -0.4 is 0 Å². The van der Waals surface area contributed by atoms with Gasteiger partial charge in [0.05, 0.1) is 29.6 Å². The largest absolute Gasteiger partial charge is 0.458 e. The number of hydrogen-bond acceptors (Lipinski definition) is 12. The molecule has 59 heavy (non-hydrogen) atoms. The Morgan fingerprint density at radius 3 is 2.27 bits per heavy atom. The Balaban J connectivity index is 1.79. The second kappa shape index (κ2) is 20.6. The third-order valence-electron chi connectivity index (χ3n) is 13.1. The molecule has 3 aliphatic heterocycles. The third-order valence-corrected chi connectivity index (χ3v) is 13.6. The summed E-state index contributed by atoms with van der Waals surface area (Å²) in [5, 5.41) is 0.182. The molecule has 0 aromatic heterocycles. The molecular weight excluding hydrogens is 826 g/mol. The number of alkyl halides is 1. The van der Waals surface area contributed by atoms with Crippen molar-refractivity contribution in [1.82, 2.24) is 14.7 Å². The number of fused-ring (bicyclic) bond motifs is 1. The lowest BCUT2D eigenvalue weighted by Gasteiger charge is -2.48. The summed E-state index contributed by atoms with van der Waals surface area (Å²) in [6, 6.07) is 8.80. The maximum Gasteiger partial charge on any atom is 0.410 e. The first-order valence-electron chi connectivity index (χ1n) is 21.0. The number of ketones is 1. The highest BCUT2D eigenvalue weighted by Crippen LogP contribution is 2.44. The predicted octanol–water partition coefficient (Wildman–Crippen LogP) is 5.86. The number of benzene rings is 1. The fraction of sp³-hybridized carbons (Fsp3) is 0.750. The van der Waals surface area contributed by atoms with Crippen LogP contribution in [0, 0.1) is 29.6 Å². The molecule has 3 saturated heterocycles. The summed E-state index contributed by atoms with van der Waals surface area (Å²) in [5.41, 5.74) is -1.63. The van der Waals surface area contributed by atoms with Crippen molar-refractivity contribution in [2.24, 2.45) is 29.6 Å². The zero-order valence-corrected chi connectivity index (χ0v) is 38.7.